The molecule has 0 unspecified atom stereocenters. The number of piperidine rings is 1. The van der Waals surface area contributed by atoms with Crippen molar-refractivity contribution in [3.63, 3.8) is 0 Å². The highest BCUT2D eigenvalue weighted by Crippen LogP contribution is 2.48. The summed E-state index contributed by atoms with van der Waals surface area (Å²) in [5.41, 5.74) is 1.01. The topological polar surface area (TPSA) is 43.7 Å². The standard InChI is InChI=1S/C26H45NO2S/c1-3-4-11-26(2,29)12-8-9-23-24-19-21(18-22(24)20-25(23)28)10-16-30-17-15-27-13-6-5-7-14-27/h8-9,18,22-25,28-29H,3-7,10-17,19-20H2,1-2H3/b9-8+/t22-,23+,24-,25+,26-/m0/s1. The van der Waals surface area contributed by atoms with Gasteiger partial charge in [0.2, 0.25) is 0 Å². The van der Waals surface area contributed by atoms with Crippen molar-refractivity contribution in [2.45, 2.75) is 89.8 Å². The molecule has 2 fully saturated rings. The maximum absolute atomic E-state index is 10.6. The number of hydrogen-bond donors (Lipinski definition) is 2. The Labute approximate surface area is 189 Å². The predicted octanol–water partition coefficient (Wildman–Crippen LogP) is 5.43. The normalized spacial score (nSPS) is 31.8. The second-order valence-electron chi connectivity index (χ2n) is 10.2. The number of fused-ring (bicyclic) bond motifs is 1. The average molecular weight is 436 g/mol. The van der Waals surface area contributed by atoms with Gasteiger partial charge in [0.05, 0.1) is 11.7 Å². The number of aliphatic hydroxyl groups excluding tert-OH is 1. The lowest BCUT2D eigenvalue weighted by molar-refractivity contribution is 0.0513. The van der Waals surface area contributed by atoms with Gasteiger partial charge < -0.3 is 15.1 Å². The molecule has 1 saturated heterocycles. The van der Waals surface area contributed by atoms with Gasteiger partial charge >= 0.3 is 0 Å². The summed E-state index contributed by atoms with van der Waals surface area (Å²) in [6.45, 7) is 7.98. The molecule has 0 radical (unpaired) electrons. The van der Waals surface area contributed by atoms with E-state index in [0.29, 0.717) is 18.3 Å². The molecule has 0 spiro atoms. The molecule has 5 atom stereocenters. The van der Waals surface area contributed by atoms with Crippen LogP contribution in [0, 0.1) is 17.8 Å². The van der Waals surface area contributed by atoms with Crippen molar-refractivity contribution >= 4 is 11.8 Å². The third-order valence-corrected chi connectivity index (χ3v) is 8.47. The summed E-state index contributed by atoms with van der Waals surface area (Å²) in [6.07, 6.45) is 17.9. The third-order valence-electron chi connectivity index (χ3n) is 7.50. The first-order valence-electron chi connectivity index (χ1n) is 12.6. The van der Waals surface area contributed by atoms with Crippen LogP contribution in [0.1, 0.15) is 78.1 Å². The van der Waals surface area contributed by atoms with Crippen molar-refractivity contribution in [1.82, 2.24) is 4.90 Å². The largest absolute Gasteiger partial charge is 0.392 e. The second kappa shape index (κ2) is 12.1. The molecule has 0 amide bonds. The zero-order chi connectivity index (χ0) is 21.4. The van der Waals surface area contributed by atoms with E-state index in [-0.39, 0.29) is 12.0 Å². The molecule has 1 saturated carbocycles. The maximum Gasteiger partial charge on any atom is 0.0654 e. The lowest BCUT2D eigenvalue weighted by Gasteiger charge is -2.26. The van der Waals surface area contributed by atoms with Crippen LogP contribution < -0.4 is 0 Å². The fourth-order valence-corrected chi connectivity index (χ4v) is 6.61. The average Bonchev–Trinajstić information content (AvgIpc) is 3.24. The third kappa shape index (κ3) is 7.39. The molecular formula is C26H45NO2S. The van der Waals surface area contributed by atoms with E-state index in [0.717, 1.165) is 32.1 Å². The highest BCUT2D eigenvalue weighted by Gasteiger charge is 2.43. The molecular weight excluding hydrogens is 390 g/mol. The number of nitrogens with zero attached hydrogens (tertiary/aromatic N) is 1. The molecule has 3 nitrogen and oxygen atoms in total. The summed E-state index contributed by atoms with van der Waals surface area (Å²) in [7, 11) is 0. The van der Waals surface area contributed by atoms with E-state index >= 15 is 0 Å². The van der Waals surface area contributed by atoms with E-state index in [2.05, 4.69) is 41.8 Å². The molecule has 1 heterocycles. The Morgan fingerprint density at radius 1 is 1.23 bits per heavy atom. The van der Waals surface area contributed by atoms with Crippen molar-refractivity contribution in [3.05, 3.63) is 23.8 Å². The number of unbranched alkanes of at least 4 members (excludes halogenated alkanes) is 1. The van der Waals surface area contributed by atoms with E-state index < -0.39 is 5.60 Å². The Kier molecular flexibility index (Phi) is 9.81. The summed E-state index contributed by atoms with van der Waals surface area (Å²) < 4.78 is 0. The minimum absolute atomic E-state index is 0.214. The number of likely N-dealkylation sites (tertiary alicyclic amines) is 1. The van der Waals surface area contributed by atoms with Gasteiger partial charge in [-0.15, -0.1) is 0 Å². The predicted molar refractivity (Wildman–Crippen MR) is 130 cm³/mol. The van der Waals surface area contributed by atoms with Gasteiger partial charge in [-0.2, -0.15) is 11.8 Å². The van der Waals surface area contributed by atoms with E-state index in [1.165, 1.54) is 56.8 Å². The van der Waals surface area contributed by atoms with Crippen LogP contribution >= 0.6 is 11.8 Å². The summed E-state index contributed by atoms with van der Waals surface area (Å²) in [5, 5.41) is 21.1. The van der Waals surface area contributed by atoms with Crippen LogP contribution in [0.2, 0.25) is 0 Å². The van der Waals surface area contributed by atoms with Gasteiger partial charge in [0.15, 0.2) is 0 Å². The molecule has 30 heavy (non-hydrogen) atoms. The van der Waals surface area contributed by atoms with Gasteiger partial charge in [0.1, 0.15) is 0 Å². The van der Waals surface area contributed by atoms with Crippen LogP contribution in [0.4, 0.5) is 0 Å². The van der Waals surface area contributed by atoms with Crippen LogP contribution in [0.25, 0.3) is 0 Å². The molecule has 3 rings (SSSR count). The molecule has 2 N–H and O–H groups in total. The second-order valence-corrected chi connectivity index (χ2v) is 11.5. The minimum Gasteiger partial charge on any atom is -0.392 e. The number of thioether (sulfide) groups is 1. The van der Waals surface area contributed by atoms with Crippen LogP contribution in [-0.2, 0) is 0 Å². The van der Waals surface area contributed by atoms with Gasteiger partial charge in [-0.05, 0) is 82.5 Å². The summed E-state index contributed by atoms with van der Waals surface area (Å²) in [5.74, 6) is 3.90. The van der Waals surface area contributed by atoms with Crippen LogP contribution in [0.15, 0.2) is 23.8 Å². The summed E-state index contributed by atoms with van der Waals surface area (Å²) >= 11 is 2.11. The minimum atomic E-state index is -0.611. The van der Waals surface area contributed by atoms with Gasteiger partial charge in [0, 0.05) is 18.2 Å². The zero-order valence-electron chi connectivity index (χ0n) is 19.4. The van der Waals surface area contributed by atoms with Crippen molar-refractivity contribution in [3.8, 4) is 0 Å². The number of aliphatic hydroxyl groups is 2. The Morgan fingerprint density at radius 2 is 2.03 bits per heavy atom. The molecule has 1 aliphatic heterocycles. The Morgan fingerprint density at radius 3 is 2.80 bits per heavy atom. The highest BCUT2D eigenvalue weighted by molar-refractivity contribution is 7.99. The SMILES string of the molecule is CCCC[C@](C)(O)C/C=C/[C@@H]1[C@H]2CC(CCSCCN3CCCCC3)=C[C@H]2C[C@H]1O. The fourth-order valence-electron chi connectivity index (χ4n) is 5.61. The van der Waals surface area contributed by atoms with Gasteiger partial charge in [-0.25, -0.2) is 0 Å². The molecule has 2 aliphatic carbocycles. The van der Waals surface area contributed by atoms with Crippen molar-refractivity contribution in [2.75, 3.05) is 31.1 Å². The monoisotopic (exact) mass is 435 g/mol. The smallest absolute Gasteiger partial charge is 0.0654 e. The first kappa shape index (κ1) is 24.4. The van der Waals surface area contributed by atoms with Gasteiger partial charge in [-0.1, -0.05) is 50.0 Å². The summed E-state index contributed by atoms with van der Waals surface area (Å²) in [4.78, 5) is 2.63. The number of hydrogen-bond acceptors (Lipinski definition) is 4. The van der Waals surface area contributed by atoms with Crippen LogP contribution in [0.5, 0.6) is 0 Å². The molecule has 0 aromatic carbocycles. The Bertz CT molecular complexity index is 567. The van der Waals surface area contributed by atoms with E-state index in [1.807, 2.05) is 6.92 Å². The van der Waals surface area contributed by atoms with Crippen molar-refractivity contribution in [2.24, 2.45) is 17.8 Å². The molecule has 0 bridgehead atoms. The van der Waals surface area contributed by atoms with Crippen LogP contribution in [0.3, 0.4) is 0 Å². The molecule has 4 heteroatoms. The summed E-state index contributed by atoms with van der Waals surface area (Å²) in [6, 6.07) is 0. The molecule has 172 valence electrons. The van der Waals surface area contributed by atoms with Crippen molar-refractivity contribution < 1.29 is 10.2 Å². The Balaban J connectivity index is 1.36. The van der Waals surface area contributed by atoms with Gasteiger partial charge in [0.25, 0.3) is 0 Å². The first-order valence-corrected chi connectivity index (χ1v) is 13.7. The maximum atomic E-state index is 10.6. The van der Waals surface area contributed by atoms with Crippen LogP contribution in [-0.4, -0.2) is 58.0 Å². The quantitative estimate of drug-likeness (QED) is 0.317. The fraction of sp³-hybridized carbons (Fsp3) is 0.846. The molecule has 0 aromatic heterocycles. The zero-order valence-corrected chi connectivity index (χ0v) is 20.2. The highest BCUT2D eigenvalue weighted by atomic mass is 32.2. The van der Waals surface area contributed by atoms with E-state index in [9.17, 15) is 10.2 Å². The van der Waals surface area contributed by atoms with E-state index in [4.69, 9.17) is 0 Å². The van der Waals surface area contributed by atoms with E-state index in [1.54, 1.807) is 5.57 Å². The lowest BCUT2D eigenvalue weighted by atomic mass is 9.88. The molecule has 0 aromatic rings. The lowest BCUT2D eigenvalue weighted by Crippen LogP contribution is -2.31. The van der Waals surface area contributed by atoms with Gasteiger partial charge in [-0.3, -0.25) is 0 Å². The first-order chi connectivity index (χ1) is 14.5. The number of rotatable bonds is 12. The van der Waals surface area contributed by atoms with Crippen molar-refractivity contribution in [1.29, 1.82) is 0 Å². The molecule has 3 aliphatic rings. The Hall–Kier alpha value is -0.290. The number of allylic oxidation sites excluding steroid dienone is 2.